The van der Waals surface area contributed by atoms with Gasteiger partial charge in [0.05, 0.1) is 33.3 Å². The van der Waals surface area contributed by atoms with Crippen LogP contribution in [0.2, 0.25) is 0 Å². The van der Waals surface area contributed by atoms with Crippen LogP contribution in [0.3, 0.4) is 0 Å². The van der Waals surface area contributed by atoms with E-state index in [-0.39, 0.29) is 11.9 Å². The highest BCUT2D eigenvalue weighted by Gasteiger charge is 2.35. The average Bonchev–Trinajstić information content (AvgIpc) is 3.52. The number of carbonyl (C=O) groups excluding carboxylic acids is 1. The van der Waals surface area contributed by atoms with Crippen molar-refractivity contribution in [1.29, 1.82) is 5.26 Å². The maximum absolute atomic E-state index is 13.0. The molecule has 0 aliphatic carbocycles. The van der Waals surface area contributed by atoms with Gasteiger partial charge >= 0.3 is 6.03 Å². The molecule has 3 heterocycles. The number of likely N-dealkylation sites (tertiary alicyclic amines) is 1. The van der Waals surface area contributed by atoms with E-state index < -0.39 is 5.60 Å². The van der Waals surface area contributed by atoms with Gasteiger partial charge in [-0.05, 0) is 57.0 Å². The van der Waals surface area contributed by atoms with E-state index in [9.17, 15) is 15.2 Å². The summed E-state index contributed by atoms with van der Waals surface area (Å²) >= 11 is 1.39. The molecule has 0 spiro atoms. The van der Waals surface area contributed by atoms with Crippen LogP contribution >= 0.6 is 11.3 Å². The highest BCUT2D eigenvalue weighted by Crippen LogP contribution is 2.40. The fourth-order valence-electron chi connectivity index (χ4n) is 4.52. The molecule has 1 aliphatic rings. The molecule has 1 saturated heterocycles. The fraction of sp³-hybridized carbons (Fsp3) is 0.296. The van der Waals surface area contributed by atoms with Gasteiger partial charge in [0.25, 0.3) is 0 Å². The van der Waals surface area contributed by atoms with Gasteiger partial charge in [0.15, 0.2) is 5.13 Å². The van der Waals surface area contributed by atoms with Gasteiger partial charge in [0, 0.05) is 35.7 Å². The molecule has 1 unspecified atom stereocenters. The number of aromatic nitrogens is 3. The molecule has 2 aromatic carbocycles. The first kappa shape index (κ1) is 23.9. The van der Waals surface area contributed by atoms with Gasteiger partial charge < -0.3 is 10.0 Å². The number of hydrogen-bond acceptors (Lipinski definition) is 7. The first-order valence-corrected chi connectivity index (χ1v) is 12.6. The van der Waals surface area contributed by atoms with Crippen LogP contribution in [0, 0.1) is 24.2 Å². The molecule has 1 aliphatic heterocycles. The van der Waals surface area contributed by atoms with Crippen LogP contribution in [-0.2, 0) is 0 Å². The highest BCUT2D eigenvalue weighted by atomic mass is 32.1. The Morgan fingerprint density at radius 3 is 2.81 bits per heavy atom. The Morgan fingerprint density at radius 2 is 2.06 bits per heavy atom. The van der Waals surface area contributed by atoms with Gasteiger partial charge in [-0.2, -0.15) is 5.26 Å². The van der Waals surface area contributed by atoms with Crippen molar-refractivity contribution >= 4 is 33.4 Å². The maximum atomic E-state index is 13.0. The molecule has 9 heteroatoms. The van der Waals surface area contributed by atoms with Gasteiger partial charge in [-0.1, -0.05) is 29.5 Å². The van der Waals surface area contributed by atoms with E-state index in [1.165, 1.54) is 11.3 Å². The minimum Gasteiger partial charge on any atom is -0.390 e. The predicted molar refractivity (Wildman–Crippen MR) is 141 cm³/mol. The third-order valence-corrected chi connectivity index (χ3v) is 7.70. The minimum atomic E-state index is -0.833. The number of amides is 2. The molecule has 1 atom stereocenters. The van der Waals surface area contributed by atoms with E-state index in [0.717, 1.165) is 39.0 Å². The summed E-state index contributed by atoms with van der Waals surface area (Å²) in [5.41, 5.74) is 3.85. The van der Waals surface area contributed by atoms with Crippen LogP contribution in [0.5, 0.6) is 0 Å². The summed E-state index contributed by atoms with van der Waals surface area (Å²) < 4.78 is 0. The Bertz CT molecular complexity index is 1500. The quantitative estimate of drug-likeness (QED) is 0.398. The lowest BCUT2D eigenvalue weighted by Gasteiger charge is -2.25. The van der Waals surface area contributed by atoms with E-state index in [1.54, 1.807) is 37.2 Å². The number of urea groups is 1. The Hall–Kier alpha value is -3.87. The Morgan fingerprint density at radius 1 is 1.22 bits per heavy atom. The summed E-state index contributed by atoms with van der Waals surface area (Å²) in [5.74, 6) is 0.0300. The third-order valence-electron chi connectivity index (χ3n) is 6.68. The molecule has 2 aromatic heterocycles. The summed E-state index contributed by atoms with van der Waals surface area (Å²) in [6.07, 6.45) is 2.31. The van der Waals surface area contributed by atoms with Crippen molar-refractivity contribution in [3.63, 3.8) is 0 Å². The van der Waals surface area contributed by atoms with Crippen molar-refractivity contribution in [3.8, 4) is 27.8 Å². The molecule has 2 amide bonds. The number of nitrogens with zero attached hydrogens (tertiary/aromatic N) is 5. The van der Waals surface area contributed by atoms with Crippen LogP contribution < -0.4 is 5.32 Å². The van der Waals surface area contributed by atoms with E-state index in [2.05, 4.69) is 21.4 Å². The molecule has 0 bridgehead atoms. The topological polar surface area (TPSA) is 115 Å². The molecule has 36 heavy (non-hydrogen) atoms. The Kier molecular flexibility index (Phi) is 6.16. The molecule has 182 valence electrons. The van der Waals surface area contributed by atoms with Gasteiger partial charge in [-0.15, -0.1) is 0 Å². The molecular formula is C27H26N6O2S. The fourth-order valence-corrected chi connectivity index (χ4v) is 5.49. The van der Waals surface area contributed by atoms with Crippen molar-refractivity contribution in [2.45, 2.75) is 32.8 Å². The second-order valence-electron chi connectivity index (χ2n) is 9.60. The van der Waals surface area contributed by atoms with E-state index in [4.69, 9.17) is 4.98 Å². The predicted octanol–water partition coefficient (Wildman–Crippen LogP) is 5.23. The zero-order valence-corrected chi connectivity index (χ0v) is 21.1. The second kappa shape index (κ2) is 9.30. The van der Waals surface area contributed by atoms with Crippen molar-refractivity contribution in [1.82, 2.24) is 19.9 Å². The maximum Gasteiger partial charge on any atom is 0.323 e. The SMILES string of the molecule is Cc1ncnc2ccc(-c3sc(NC(=O)N4CCC(C(C)(C)O)C4)nc3-c3cccc(C#N)c3)cc12. The van der Waals surface area contributed by atoms with Crippen molar-refractivity contribution < 1.29 is 9.90 Å². The number of aliphatic hydroxyl groups is 1. The number of fused-ring (bicyclic) bond motifs is 1. The molecular weight excluding hydrogens is 472 g/mol. The minimum absolute atomic E-state index is 0.0300. The van der Waals surface area contributed by atoms with Crippen LogP contribution in [0.1, 0.15) is 31.5 Å². The number of rotatable bonds is 4. The van der Waals surface area contributed by atoms with Gasteiger partial charge in [0.1, 0.15) is 6.33 Å². The molecule has 4 aromatic rings. The summed E-state index contributed by atoms with van der Waals surface area (Å²) in [5, 5.41) is 24.1. The highest BCUT2D eigenvalue weighted by molar-refractivity contribution is 7.19. The first-order valence-electron chi connectivity index (χ1n) is 11.7. The number of nitriles is 1. The number of benzene rings is 2. The zero-order valence-electron chi connectivity index (χ0n) is 20.3. The molecule has 0 radical (unpaired) electrons. The number of anilines is 1. The smallest absolute Gasteiger partial charge is 0.323 e. The average molecular weight is 499 g/mol. The molecule has 0 saturated carbocycles. The Labute approximate surface area is 213 Å². The standard InChI is InChI=1S/C27H26N6O2S/c1-16-21-12-19(7-8-22(21)30-15-29-16)24-23(18-6-4-5-17(11-18)13-28)31-25(36-24)32-26(34)33-10-9-20(14-33)27(2,3)35/h4-8,11-12,15,20,35H,9-10,14H2,1-3H3,(H,31,32,34). The first-order chi connectivity index (χ1) is 17.2. The zero-order chi connectivity index (χ0) is 25.4. The van der Waals surface area contributed by atoms with Crippen molar-refractivity contribution in [2.24, 2.45) is 5.92 Å². The molecule has 2 N–H and O–H groups in total. The summed E-state index contributed by atoms with van der Waals surface area (Å²) in [4.78, 5) is 29.1. The Balaban J connectivity index is 1.52. The van der Waals surface area contributed by atoms with Gasteiger partial charge in [-0.25, -0.2) is 19.7 Å². The third kappa shape index (κ3) is 4.65. The molecule has 1 fully saturated rings. The number of thiazole rings is 1. The van der Waals surface area contributed by atoms with E-state index in [0.29, 0.717) is 29.5 Å². The van der Waals surface area contributed by atoms with Crippen LogP contribution in [0.15, 0.2) is 48.8 Å². The summed E-state index contributed by atoms with van der Waals surface area (Å²) in [6, 6.07) is 15.2. The molecule has 5 rings (SSSR count). The number of carbonyl (C=O) groups is 1. The number of nitrogens with one attached hydrogen (secondary N) is 1. The van der Waals surface area contributed by atoms with Crippen LogP contribution in [-0.4, -0.2) is 49.7 Å². The lowest BCUT2D eigenvalue weighted by molar-refractivity contribution is 0.0227. The van der Waals surface area contributed by atoms with Crippen LogP contribution in [0.25, 0.3) is 32.6 Å². The lowest BCUT2D eigenvalue weighted by Crippen LogP contribution is -2.37. The van der Waals surface area contributed by atoms with Gasteiger partial charge in [-0.3, -0.25) is 5.32 Å². The largest absolute Gasteiger partial charge is 0.390 e. The van der Waals surface area contributed by atoms with Crippen molar-refractivity contribution in [2.75, 3.05) is 18.4 Å². The summed E-state index contributed by atoms with van der Waals surface area (Å²) in [7, 11) is 0. The second-order valence-corrected chi connectivity index (χ2v) is 10.6. The van der Waals surface area contributed by atoms with E-state index in [1.807, 2.05) is 37.3 Å². The molecule has 8 nitrogen and oxygen atoms in total. The van der Waals surface area contributed by atoms with E-state index >= 15 is 0 Å². The normalized spacial score (nSPS) is 15.8. The lowest BCUT2D eigenvalue weighted by atomic mass is 9.91. The summed E-state index contributed by atoms with van der Waals surface area (Å²) in [6.45, 7) is 6.59. The van der Waals surface area contributed by atoms with Crippen molar-refractivity contribution in [3.05, 3.63) is 60.0 Å². The van der Waals surface area contributed by atoms with Gasteiger partial charge in [0.2, 0.25) is 0 Å². The van der Waals surface area contributed by atoms with Crippen LogP contribution in [0.4, 0.5) is 9.93 Å². The monoisotopic (exact) mass is 498 g/mol. The number of hydrogen-bond donors (Lipinski definition) is 2. The number of aryl methyl sites for hydroxylation is 1.